The molecular formula is C19H16BrClN4O4. The lowest BCUT2D eigenvalue weighted by molar-refractivity contribution is 0.102. The van der Waals surface area contributed by atoms with Crippen LogP contribution in [0, 0.1) is 0 Å². The zero-order chi connectivity index (χ0) is 20.8. The first-order valence-electron chi connectivity index (χ1n) is 8.47. The van der Waals surface area contributed by atoms with Gasteiger partial charge in [0.05, 0.1) is 10.6 Å². The molecule has 0 spiro atoms. The van der Waals surface area contributed by atoms with Crippen molar-refractivity contribution >= 4 is 45.3 Å². The normalized spacial score (nSPS) is 10.4. The Morgan fingerprint density at radius 3 is 2.62 bits per heavy atom. The van der Waals surface area contributed by atoms with Crippen LogP contribution in [0.3, 0.4) is 0 Å². The summed E-state index contributed by atoms with van der Waals surface area (Å²) in [5, 5.41) is 21.2. The number of amides is 2. The van der Waals surface area contributed by atoms with E-state index < -0.39 is 12.0 Å². The highest BCUT2D eigenvalue weighted by atomic mass is 79.9. The minimum atomic E-state index is -0.694. The highest BCUT2D eigenvalue weighted by molar-refractivity contribution is 9.10. The number of aromatic nitrogens is 2. The van der Waals surface area contributed by atoms with Gasteiger partial charge in [-0.1, -0.05) is 35.9 Å². The van der Waals surface area contributed by atoms with Crippen molar-refractivity contribution in [2.45, 2.75) is 6.42 Å². The monoisotopic (exact) mass is 478 g/mol. The zero-order valence-corrected chi connectivity index (χ0v) is 17.3. The van der Waals surface area contributed by atoms with E-state index >= 15 is 0 Å². The Bertz CT molecular complexity index is 1020. The maximum Gasteiger partial charge on any atom is 0.414 e. The van der Waals surface area contributed by atoms with Crippen LogP contribution in [0.4, 0.5) is 10.6 Å². The van der Waals surface area contributed by atoms with Crippen LogP contribution in [-0.4, -0.2) is 33.8 Å². The number of nitrogens with zero attached hydrogens (tertiary/aromatic N) is 1. The maximum atomic E-state index is 12.3. The SMILES string of the molecule is O=C(NCCc1ccc(O)cc1)Oc1n[nH]c(NC(=O)c2ccccc2Cl)c1Br. The minimum absolute atomic E-state index is 0.0263. The topological polar surface area (TPSA) is 116 Å². The molecule has 0 bridgehead atoms. The molecule has 0 aliphatic carbocycles. The van der Waals surface area contributed by atoms with E-state index in [1.165, 1.54) is 0 Å². The minimum Gasteiger partial charge on any atom is -0.508 e. The van der Waals surface area contributed by atoms with E-state index in [4.69, 9.17) is 16.3 Å². The number of benzene rings is 2. The second-order valence-corrected chi connectivity index (χ2v) is 7.08. The number of phenols is 1. The van der Waals surface area contributed by atoms with Gasteiger partial charge in [-0.15, -0.1) is 5.10 Å². The molecule has 3 rings (SSSR count). The van der Waals surface area contributed by atoms with E-state index in [0.29, 0.717) is 23.6 Å². The van der Waals surface area contributed by atoms with Crippen molar-refractivity contribution in [2.24, 2.45) is 0 Å². The molecule has 0 saturated heterocycles. The molecule has 4 N–H and O–H groups in total. The average molecular weight is 480 g/mol. The number of aromatic amines is 1. The molecule has 0 unspecified atom stereocenters. The molecule has 0 aliphatic heterocycles. The molecule has 0 fully saturated rings. The molecule has 29 heavy (non-hydrogen) atoms. The molecule has 2 amide bonds. The summed E-state index contributed by atoms with van der Waals surface area (Å²) in [5.41, 5.74) is 1.25. The summed E-state index contributed by atoms with van der Waals surface area (Å²) in [6, 6.07) is 13.3. The third-order valence-electron chi connectivity index (χ3n) is 3.84. The standard InChI is InChI=1S/C19H16BrClN4O4/c20-15-16(23-17(27)13-3-1-2-4-14(13)21)24-25-18(15)29-19(28)22-10-9-11-5-7-12(26)8-6-11/h1-8,26H,9-10H2,(H,22,28)(H2,23,24,25,27). The van der Waals surface area contributed by atoms with Gasteiger partial charge in [0.1, 0.15) is 16.0 Å². The number of halogens is 2. The molecule has 0 atom stereocenters. The van der Waals surface area contributed by atoms with Crippen LogP contribution in [0.5, 0.6) is 11.6 Å². The van der Waals surface area contributed by atoms with Gasteiger partial charge < -0.3 is 20.5 Å². The number of ether oxygens (including phenoxy) is 1. The van der Waals surface area contributed by atoms with Crippen molar-refractivity contribution in [3.8, 4) is 11.6 Å². The summed E-state index contributed by atoms with van der Waals surface area (Å²) >= 11 is 9.25. The Morgan fingerprint density at radius 2 is 1.90 bits per heavy atom. The molecule has 0 radical (unpaired) electrons. The zero-order valence-electron chi connectivity index (χ0n) is 14.9. The van der Waals surface area contributed by atoms with Crippen LogP contribution < -0.4 is 15.4 Å². The smallest absolute Gasteiger partial charge is 0.414 e. The number of anilines is 1. The van der Waals surface area contributed by atoms with Gasteiger partial charge in [-0.05, 0) is 52.2 Å². The van der Waals surface area contributed by atoms with Gasteiger partial charge in [0, 0.05) is 6.54 Å². The number of hydrogen-bond acceptors (Lipinski definition) is 5. The van der Waals surface area contributed by atoms with E-state index in [1.54, 1.807) is 48.5 Å². The van der Waals surface area contributed by atoms with Gasteiger partial charge in [-0.2, -0.15) is 0 Å². The Hall–Kier alpha value is -3.04. The van der Waals surface area contributed by atoms with Crippen molar-refractivity contribution < 1.29 is 19.4 Å². The van der Waals surface area contributed by atoms with E-state index in [9.17, 15) is 14.7 Å². The molecular weight excluding hydrogens is 464 g/mol. The Labute approximate surface area is 179 Å². The van der Waals surface area contributed by atoms with Crippen molar-refractivity contribution in [2.75, 3.05) is 11.9 Å². The number of carbonyl (C=O) groups is 2. The molecule has 1 aromatic heterocycles. The lowest BCUT2D eigenvalue weighted by Crippen LogP contribution is -2.29. The van der Waals surface area contributed by atoms with Crippen molar-refractivity contribution in [1.29, 1.82) is 0 Å². The summed E-state index contributed by atoms with van der Waals surface area (Å²) in [6.07, 6.45) is -0.129. The third kappa shape index (κ3) is 5.49. The van der Waals surface area contributed by atoms with Crippen molar-refractivity contribution in [3.05, 3.63) is 69.2 Å². The van der Waals surface area contributed by atoms with E-state index in [2.05, 4.69) is 36.8 Å². The number of phenolic OH excluding ortho intramolecular Hbond substituents is 1. The average Bonchev–Trinajstić information content (AvgIpc) is 3.03. The number of hydrogen-bond donors (Lipinski definition) is 4. The number of H-pyrrole nitrogens is 1. The molecule has 8 nitrogen and oxygen atoms in total. The van der Waals surface area contributed by atoms with Crippen LogP contribution >= 0.6 is 27.5 Å². The van der Waals surface area contributed by atoms with Gasteiger partial charge in [0.15, 0.2) is 0 Å². The summed E-state index contributed by atoms with van der Waals surface area (Å²) in [6.45, 7) is 0.335. The molecule has 10 heteroatoms. The first-order valence-corrected chi connectivity index (χ1v) is 9.64. The highest BCUT2D eigenvalue weighted by Gasteiger charge is 2.18. The molecule has 0 saturated carbocycles. The van der Waals surface area contributed by atoms with Crippen LogP contribution in [-0.2, 0) is 6.42 Å². The fourth-order valence-corrected chi connectivity index (χ4v) is 2.96. The maximum absolute atomic E-state index is 12.3. The Kier molecular flexibility index (Phi) is 6.73. The third-order valence-corrected chi connectivity index (χ3v) is 4.91. The van der Waals surface area contributed by atoms with Crippen LogP contribution in [0.25, 0.3) is 0 Å². The quantitative estimate of drug-likeness (QED) is 0.424. The van der Waals surface area contributed by atoms with Crippen LogP contribution in [0.2, 0.25) is 5.02 Å². The number of rotatable bonds is 6. The van der Waals surface area contributed by atoms with Gasteiger partial charge in [-0.3, -0.25) is 9.89 Å². The largest absolute Gasteiger partial charge is 0.508 e. The fourth-order valence-electron chi connectivity index (χ4n) is 2.38. The Morgan fingerprint density at radius 1 is 1.17 bits per heavy atom. The second kappa shape index (κ2) is 9.44. The lowest BCUT2D eigenvalue weighted by atomic mass is 10.1. The highest BCUT2D eigenvalue weighted by Crippen LogP contribution is 2.30. The van der Waals surface area contributed by atoms with Gasteiger partial charge >= 0.3 is 6.09 Å². The molecule has 2 aromatic carbocycles. The predicted octanol–water partition coefficient (Wildman–Crippen LogP) is 4.11. The predicted molar refractivity (Wildman–Crippen MR) is 112 cm³/mol. The Balaban J connectivity index is 1.53. The first-order chi connectivity index (χ1) is 13.9. The first kappa shape index (κ1) is 20.7. The van der Waals surface area contributed by atoms with Crippen molar-refractivity contribution in [3.63, 3.8) is 0 Å². The number of carbonyl (C=O) groups excluding carboxylic acids is 2. The lowest BCUT2D eigenvalue weighted by Gasteiger charge is -2.06. The van der Waals surface area contributed by atoms with Crippen molar-refractivity contribution in [1.82, 2.24) is 15.5 Å². The summed E-state index contributed by atoms with van der Waals surface area (Å²) in [7, 11) is 0. The molecule has 0 aliphatic rings. The van der Waals surface area contributed by atoms with E-state index in [1.807, 2.05) is 0 Å². The van der Waals surface area contributed by atoms with E-state index in [-0.39, 0.29) is 21.9 Å². The number of aromatic hydroxyl groups is 1. The summed E-state index contributed by atoms with van der Waals surface area (Å²) < 4.78 is 5.42. The van der Waals surface area contributed by atoms with Gasteiger partial charge in [0.2, 0.25) is 0 Å². The second-order valence-electron chi connectivity index (χ2n) is 5.88. The van der Waals surface area contributed by atoms with Gasteiger partial charge in [0.25, 0.3) is 11.8 Å². The summed E-state index contributed by atoms with van der Waals surface area (Å²) in [5.74, 6) is -0.0600. The van der Waals surface area contributed by atoms with Crippen LogP contribution in [0.15, 0.2) is 53.0 Å². The van der Waals surface area contributed by atoms with Gasteiger partial charge in [-0.25, -0.2) is 4.79 Å². The molecule has 150 valence electrons. The molecule has 3 aromatic rings. The van der Waals surface area contributed by atoms with Crippen LogP contribution in [0.1, 0.15) is 15.9 Å². The van der Waals surface area contributed by atoms with E-state index in [0.717, 1.165) is 5.56 Å². The summed E-state index contributed by atoms with van der Waals surface area (Å²) in [4.78, 5) is 24.3. The number of nitrogens with one attached hydrogen (secondary N) is 3. The molecule has 1 heterocycles. The fraction of sp³-hybridized carbons (Fsp3) is 0.105.